The maximum atomic E-state index is 11.5. The standard InChI is InChI=1S/C12H17O4P/c1-3-16-12(13)11-6-4-5-10(9-11)7-8-17(14)15-2/h4-6,9,17H,3,7-8H2,1-2H3. The number of esters is 1. The van der Waals surface area contributed by atoms with E-state index in [1.54, 1.807) is 25.1 Å². The first-order valence-electron chi connectivity index (χ1n) is 5.50. The number of carbonyl (C=O) groups is 1. The molecule has 0 spiro atoms. The summed E-state index contributed by atoms with van der Waals surface area (Å²) in [6, 6.07) is 7.17. The molecule has 5 heteroatoms. The number of carbonyl (C=O) groups excluding carboxylic acids is 1. The Hall–Kier alpha value is -1.12. The van der Waals surface area contributed by atoms with Gasteiger partial charge in [-0.25, -0.2) is 4.79 Å². The second kappa shape index (κ2) is 7.25. The van der Waals surface area contributed by atoms with Gasteiger partial charge < -0.3 is 9.26 Å². The minimum absolute atomic E-state index is 0.325. The Labute approximate surface area is 102 Å². The molecule has 0 radical (unpaired) electrons. The average molecular weight is 256 g/mol. The molecule has 0 aliphatic rings. The number of benzene rings is 1. The van der Waals surface area contributed by atoms with Gasteiger partial charge in [-0.05, 0) is 31.0 Å². The molecule has 0 N–H and O–H groups in total. The van der Waals surface area contributed by atoms with Crippen molar-refractivity contribution < 1.29 is 18.6 Å². The summed E-state index contributed by atoms with van der Waals surface area (Å²) in [5, 5.41) is 0. The highest BCUT2D eigenvalue weighted by Gasteiger charge is 2.07. The van der Waals surface area contributed by atoms with Crippen LogP contribution in [-0.4, -0.2) is 25.8 Å². The Morgan fingerprint density at radius 2 is 2.18 bits per heavy atom. The third-order valence-electron chi connectivity index (χ3n) is 2.28. The normalized spacial score (nSPS) is 12.1. The van der Waals surface area contributed by atoms with E-state index in [1.165, 1.54) is 7.11 Å². The topological polar surface area (TPSA) is 52.6 Å². The molecule has 4 nitrogen and oxygen atoms in total. The monoisotopic (exact) mass is 256 g/mol. The third kappa shape index (κ3) is 4.72. The first kappa shape index (κ1) is 13.9. The van der Waals surface area contributed by atoms with Crippen LogP contribution >= 0.6 is 8.03 Å². The molecule has 0 aliphatic heterocycles. The molecule has 1 atom stereocenters. The van der Waals surface area contributed by atoms with E-state index in [1.807, 2.05) is 6.07 Å². The van der Waals surface area contributed by atoms with E-state index < -0.39 is 8.03 Å². The highest BCUT2D eigenvalue weighted by atomic mass is 31.1. The fraction of sp³-hybridized carbons (Fsp3) is 0.417. The third-order valence-corrected chi connectivity index (χ3v) is 3.40. The van der Waals surface area contributed by atoms with Crippen molar-refractivity contribution in [2.45, 2.75) is 13.3 Å². The smallest absolute Gasteiger partial charge is 0.338 e. The molecule has 0 amide bonds. The summed E-state index contributed by atoms with van der Waals surface area (Å²) >= 11 is 0. The molecule has 0 heterocycles. The van der Waals surface area contributed by atoms with E-state index in [2.05, 4.69) is 0 Å². The minimum atomic E-state index is -1.94. The van der Waals surface area contributed by atoms with Gasteiger partial charge in [-0.1, -0.05) is 12.1 Å². The van der Waals surface area contributed by atoms with E-state index in [9.17, 15) is 9.36 Å². The highest BCUT2D eigenvalue weighted by molar-refractivity contribution is 7.39. The van der Waals surface area contributed by atoms with Gasteiger partial charge in [0.15, 0.2) is 8.03 Å². The number of aryl methyl sites for hydroxylation is 1. The molecule has 17 heavy (non-hydrogen) atoms. The summed E-state index contributed by atoms with van der Waals surface area (Å²) in [5.41, 5.74) is 1.49. The lowest BCUT2D eigenvalue weighted by Gasteiger charge is -2.05. The van der Waals surface area contributed by atoms with Crippen molar-refractivity contribution >= 4 is 14.0 Å². The van der Waals surface area contributed by atoms with Crippen molar-refractivity contribution in [1.82, 2.24) is 0 Å². The number of hydrogen-bond donors (Lipinski definition) is 0. The van der Waals surface area contributed by atoms with Crippen LogP contribution in [0.5, 0.6) is 0 Å². The van der Waals surface area contributed by atoms with Crippen LogP contribution in [0.15, 0.2) is 24.3 Å². The molecule has 0 saturated carbocycles. The van der Waals surface area contributed by atoms with Gasteiger partial charge in [-0.3, -0.25) is 4.57 Å². The summed E-state index contributed by atoms with van der Waals surface area (Å²) in [7, 11) is -0.495. The maximum absolute atomic E-state index is 11.5. The van der Waals surface area contributed by atoms with Crippen molar-refractivity contribution in [3.63, 3.8) is 0 Å². The summed E-state index contributed by atoms with van der Waals surface area (Å²) in [4.78, 5) is 11.5. The largest absolute Gasteiger partial charge is 0.462 e. The molecule has 0 aromatic heterocycles. The van der Waals surface area contributed by atoms with Gasteiger partial charge in [0.25, 0.3) is 0 Å². The van der Waals surface area contributed by atoms with Crippen molar-refractivity contribution in [1.29, 1.82) is 0 Å². The molecule has 94 valence electrons. The van der Waals surface area contributed by atoms with Crippen LogP contribution in [0.1, 0.15) is 22.8 Å². The summed E-state index contributed by atoms with van der Waals surface area (Å²) in [6.45, 7) is 2.13. The van der Waals surface area contributed by atoms with Gasteiger partial charge in [-0.15, -0.1) is 0 Å². The first-order valence-corrected chi connectivity index (χ1v) is 7.02. The van der Waals surface area contributed by atoms with E-state index >= 15 is 0 Å². The summed E-state index contributed by atoms with van der Waals surface area (Å²) < 4.78 is 20.8. The molecule has 0 saturated heterocycles. The van der Waals surface area contributed by atoms with Crippen LogP contribution in [0.3, 0.4) is 0 Å². The number of hydrogen-bond acceptors (Lipinski definition) is 4. The Balaban J connectivity index is 2.65. The van der Waals surface area contributed by atoms with Crippen LogP contribution in [-0.2, 0) is 20.2 Å². The number of ether oxygens (including phenoxy) is 1. The van der Waals surface area contributed by atoms with Gasteiger partial charge in [-0.2, -0.15) is 0 Å². The Bertz CT molecular complexity index is 403. The maximum Gasteiger partial charge on any atom is 0.338 e. The Kier molecular flexibility index (Phi) is 5.95. The minimum Gasteiger partial charge on any atom is -0.462 e. The lowest BCUT2D eigenvalue weighted by molar-refractivity contribution is 0.0526. The van der Waals surface area contributed by atoms with Gasteiger partial charge in [0, 0.05) is 13.3 Å². The van der Waals surface area contributed by atoms with Crippen molar-refractivity contribution in [3.05, 3.63) is 35.4 Å². The molecule has 0 fully saturated rings. The zero-order valence-corrected chi connectivity index (χ0v) is 11.1. The Morgan fingerprint density at radius 1 is 1.41 bits per heavy atom. The van der Waals surface area contributed by atoms with Crippen molar-refractivity contribution in [3.8, 4) is 0 Å². The fourth-order valence-electron chi connectivity index (χ4n) is 1.42. The zero-order valence-electron chi connectivity index (χ0n) is 10.1. The van der Waals surface area contributed by atoms with E-state index in [-0.39, 0.29) is 5.97 Å². The van der Waals surface area contributed by atoms with Crippen LogP contribution in [0.2, 0.25) is 0 Å². The van der Waals surface area contributed by atoms with Crippen molar-refractivity contribution in [2.75, 3.05) is 19.9 Å². The fourth-order valence-corrected chi connectivity index (χ4v) is 2.11. The average Bonchev–Trinajstić information content (AvgIpc) is 2.36. The lowest BCUT2D eigenvalue weighted by atomic mass is 10.1. The molecule has 1 rings (SSSR count). The summed E-state index contributed by atoms with van der Waals surface area (Å²) in [5.74, 6) is -0.325. The second-order valence-electron chi connectivity index (χ2n) is 3.50. The molecule has 1 unspecified atom stereocenters. The second-order valence-corrected chi connectivity index (χ2v) is 5.15. The predicted octanol–water partition coefficient (Wildman–Crippen LogP) is 2.53. The number of rotatable bonds is 6. The quantitative estimate of drug-likeness (QED) is 0.579. The lowest BCUT2D eigenvalue weighted by Crippen LogP contribution is -2.05. The van der Waals surface area contributed by atoms with Gasteiger partial charge in [0.2, 0.25) is 0 Å². The molecule has 1 aromatic rings. The van der Waals surface area contributed by atoms with E-state index in [4.69, 9.17) is 9.26 Å². The van der Waals surface area contributed by atoms with E-state index in [0.717, 1.165) is 5.56 Å². The molecule has 0 aliphatic carbocycles. The predicted molar refractivity (Wildman–Crippen MR) is 67.0 cm³/mol. The van der Waals surface area contributed by atoms with Gasteiger partial charge in [0.1, 0.15) is 0 Å². The van der Waals surface area contributed by atoms with Crippen LogP contribution < -0.4 is 0 Å². The zero-order chi connectivity index (χ0) is 12.7. The first-order chi connectivity index (χ1) is 8.17. The highest BCUT2D eigenvalue weighted by Crippen LogP contribution is 2.21. The molecule has 1 aromatic carbocycles. The van der Waals surface area contributed by atoms with Crippen LogP contribution in [0.4, 0.5) is 0 Å². The molecular weight excluding hydrogens is 239 g/mol. The van der Waals surface area contributed by atoms with Crippen molar-refractivity contribution in [2.24, 2.45) is 0 Å². The van der Waals surface area contributed by atoms with E-state index in [0.29, 0.717) is 24.8 Å². The molecule has 0 bridgehead atoms. The Morgan fingerprint density at radius 3 is 2.82 bits per heavy atom. The van der Waals surface area contributed by atoms with Gasteiger partial charge in [0.05, 0.1) is 12.2 Å². The molecular formula is C12H17O4P. The van der Waals surface area contributed by atoms with Crippen LogP contribution in [0.25, 0.3) is 0 Å². The summed E-state index contributed by atoms with van der Waals surface area (Å²) in [6.07, 6.45) is 1.13. The van der Waals surface area contributed by atoms with Gasteiger partial charge >= 0.3 is 5.97 Å². The van der Waals surface area contributed by atoms with Crippen LogP contribution in [0, 0.1) is 0 Å². The SMILES string of the molecule is CCOC(=O)c1cccc(CC[PH](=O)OC)c1.